The normalized spacial score (nSPS) is 44.4. The number of aliphatic hydroxyl groups is 2. The fourth-order valence-electron chi connectivity index (χ4n) is 11.0. The van der Waals surface area contributed by atoms with Gasteiger partial charge >= 0.3 is 5.97 Å². The van der Waals surface area contributed by atoms with Crippen LogP contribution in [0.1, 0.15) is 105 Å². The molecule has 0 bridgehead atoms. The van der Waals surface area contributed by atoms with Crippen molar-refractivity contribution >= 4 is 5.97 Å². The molecule has 6 nitrogen and oxygen atoms in total. The van der Waals surface area contributed by atoms with E-state index in [2.05, 4.69) is 32.6 Å². The van der Waals surface area contributed by atoms with E-state index in [1.54, 1.807) is 0 Å². The molecule has 40 heavy (non-hydrogen) atoms. The molecule has 5 fully saturated rings. The van der Waals surface area contributed by atoms with Crippen molar-refractivity contribution in [1.29, 1.82) is 0 Å². The van der Waals surface area contributed by atoms with Crippen LogP contribution in [0.4, 0.5) is 0 Å². The van der Waals surface area contributed by atoms with E-state index in [4.69, 9.17) is 9.47 Å². The molecule has 4 aliphatic carbocycles. The lowest BCUT2D eigenvalue weighted by Gasteiger charge is -2.64. The standard InChI is InChI=1S/C34H59NO5/c1-5-25-29-22-24(36)11-14-34(29,4)28-12-15-33(3)26(9-10-27(33)31(28)32(25)38)23(2)13-19-40-30(37)8-6-7-16-35-17-20-39-21-18-35/h23-29,31-32,36,38H,5-22H2,1-4H3/t23-,24-,25-,26-,27+,28+,29+,31+,32-,33-,34-/m1/s1. The van der Waals surface area contributed by atoms with E-state index in [0.29, 0.717) is 54.5 Å². The van der Waals surface area contributed by atoms with E-state index >= 15 is 0 Å². The Labute approximate surface area is 243 Å². The van der Waals surface area contributed by atoms with E-state index in [9.17, 15) is 15.0 Å². The molecule has 230 valence electrons. The number of ether oxygens (including phenoxy) is 2. The van der Waals surface area contributed by atoms with E-state index in [0.717, 1.165) is 77.8 Å². The summed E-state index contributed by atoms with van der Waals surface area (Å²) >= 11 is 0. The van der Waals surface area contributed by atoms with Crippen LogP contribution in [0.25, 0.3) is 0 Å². The summed E-state index contributed by atoms with van der Waals surface area (Å²) in [4.78, 5) is 14.8. The maximum Gasteiger partial charge on any atom is 0.305 e. The van der Waals surface area contributed by atoms with Crippen molar-refractivity contribution < 1.29 is 24.5 Å². The largest absolute Gasteiger partial charge is 0.466 e. The summed E-state index contributed by atoms with van der Waals surface area (Å²) in [5, 5.41) is 22.4. The van der Waals surface area contributed by atoms with Gasteiger partial charge in [-0.1, -0.05) is 34.1 Å². The van der Waals surface area contributed by atoms with Gasteiger partial charge in [-0.25, -0.2) is 0 Å². The number of esters is 1. The number of fused-ring (bicyclic) bond motifs is 5. The molecule has 0 aromatic carbocycles. The van der Waals surface area contributed by atoms with Crippen LogP contribution >= 0.6 is 0 Å². The van der Waals surface area contributed by atoms with Gasteiger partial charge in [-0.15, -0.1) is 0 Å². The van der Waals surface area contributed by atoms with Crippen molar-refractivity contribution in [2.75, 3.05) is 39.5 Å². The lowest BCUT2D eigenvalue weighted by atomic mass is 9.41. The summed E-state index contributed by atoms with van der Waals surface area (Å²) in [6.45, 7) is 14.9. The van der Waals surface area contributed by atoms with Gasteiger partial charge in [0.05, 0.1) is 32.0 Å². The number of unbranched alkanes of at least 4 members (excludes halogenated alkanes) is 1. The molecule has 1 aliphatic heterocycles. The minimum absolute atomic E-state index is 0.0403. The van der Waals surface area contributed by atoms with Crippen molar-refractivity contribution in [3.8, 4) is 0 Å². The van der Waals surface area contributed by atoms with Crippen LogP contribution in [0.3, 0.4) is 0 Å². The molecule has 6 heteroatoms. The molecule has 4 saturated carbocycles. The van der Waals surface area contributed by atoms with Crippen molar-refractivity contribution in [2.45, 2.75) is 117 Å². The lowest BCUT2D eigenvalue weighted by molar-refractivity contribution is -0.203. The summed E-state index contributed by atoms with van der Waals surface area (Å²) < 4.78 is 11.1. The Kier molecular flexibility index (Phi) is 9.92. The number of aliphatic hydroxyl groups excluding tert-OH is 2. The van der Waals surface area contributed by atoms with Crippen molar-refractivity contribution in [2.24, 2.45) is 52.3 Å². The van der Waals surface area contributed by atoms with Crippen molar-refractivity contribution in [1.82, 2.24) is 4.90 Å². The highest BCUT2D eigenvalue weighted by Gasteiger charge is 2.64. The molecular formula is C34H59NO5. The number of carbonyl (C=O) groups excluding carboxylic acids is 1. The van der Waals surface area contributed by atoms with Crippen LogP contribution in [0.2, 0.25) is 0 Å². The van der Waals surface area contributed by atoms with Gasteiger partial charge in [-0.3, -0.25) is 9.69 Å². The highest BCUT2D eigenvalue weighted by Crippen LogP contribution is 2.69. The number of carbonyl (C=O) groups is 1. The van der Waals surface area contributed by atoms with Crippen LogP contribution in [0, 0.1) is 52.3 Å². The third-order valence-electron chi connectivity index (χ3n) is 13.2. The smallest absolute Gasteiger partial charge is 0.305 e. The third kappa shape index (κ3) is 5.90. The zero-order valence-electron chi connectivity index (χ0n) is 26.0. The van der Waals surface area contributed by atoms with Crippen molar-refractivity contribution in [3.05, 3.63) is 0 Å². The average Bonchev–Trinajstić information content (AvgIpc) is 3.30. The van der Waals surface area contributed by atoms with Gasteiger partial charge in [0.1, 0.15) is 0 Å². The van der Waals surface area contributed by atoms with Gasteiger partial charge in [0.25, 0.3) is 0 Å². The Bertz CT molecular complexity index is 846. The fourth-order valence-corrected chi connectivity index (χ4v) is 11.0. The predicted molar refractivity (Wildman–Crippen MR) is 158 cm³/mol. The first-order valence-electron chi connectivity index (χ1n) is 17.0. The third-order valence-corrected chi connectivity index (χ3v) is 13.2. The molecule has 0 aromatic rings. The van der Waals surface area contributed by atoms with Gasteiger partial charge < -0.3 is 19.7 Å². The molecule has 1 heterocycles. The maximum atomic E-state index is 12.4. The van der Waals surface area contributed by atoms with Crippen LogP contribution < -0.4 is 0 Å². The molecule has 2 N–H and O–H groups in total. The summed E-state index contributed by atoms with van der Waals surface area (Å²) in [6.07, 6.45) is 11.9. The molecule has 0 aromatic heterocycles. The monoisotopic (exact) mass is 561 g/mol. The number of hydrogen-bond donors (Lipinski definition) is 2. The molecule has 1 saturated heterocycles. The van der Waals surface area contributed by atoms with Crippen LogP contribution in [-0.2, 0) is 14.3 Å². The second-order valence-electron chi connectivity index (χ2n) is 15.0. The molecule has 0 radical (unpaired) electrons. The first-order valence-corrected chi connectivity index (χ1v) is 17.0. The van der Waals surface area contributed by atoms with Crippen LogP contribution in [0.5, 0.6) is 0 Å². The maximum absolute atomic E-state index is 12.4. The van der Waals surface area contributed by atoms with Crippen LogP contribution in [-0.4, -0.2) is 72.7 Å². The molecule has 0 amide bonds. The van der Waals surface area contributed by atoms with E-state index in [1.807, 2.05) is 0 Å². The Morgan fingerprint density at radius 3 is 2.48 bits per heavy atom. The van der Waals surface area contributed by atoms with Gasteiger partial charge in [-0.2, -0.15) is 0 Å². The zero-order chi connectivity index (χ0) is 28.5. The second kappa shape index (κ2) is 12.9. The zero-order valence-corrected chi connectivity index (χ0v) is 26.0. The van der Waals surface area contributed by atoms with E-state index < -0.39 is 0 Å². The minimum Gasteiger partial charge on any atom is -0.466 e. The molecule has 0 unspecified atom stereocenters. The lowest BCUT2D eigenvalue weighted by Crippen LogP contribution is -2.62. The minimum atomic E-state index is -0.235. The quantitative estimate of drug-likeness (QED) is 0.264. The first kappa shape index (κ1) is 30.8. The molecular weight excluding hydrogens is 502 g/mol. The number of hydrogen-bond acceptors (Lipinski definition) is 6. The van der Waals surface area contributed by atoms with Gasteiger partial charge in [0.15, 0.2) is 0 Å². The number of rotatable bonds is 10. The SMILES string of the molecule is CC[C@H]1[C@@H](O)[C@@H]2[C@H](CC[C@]3(C)[C@@H]([C@H](C)CCOC(=O)CCCCN4CCOCC4)CC[C@@H]23)[C@@]2(C)CC[C@@H](O)C[C@@H]12. The highest BCUT2D eigenvalue weighted by molar-refractivity contribution is 5.69. The molecule has 11 atom stereocenters. The molecule has 5 rings (SSSR count). The van der Waals surface area contributed by atoms with E-state index in [-0.39, 0.29) is 29.0 Å². The predicted octanol–water partition coefficient (Wildman–Crippen LogP) is 5.69. The Morgan fingerprint density at radius 2 is 1.73 bits per heavy atom. The first-order chi connectivity index (χ1) is 19.2. The van der Waals surface area contributed by atoms with Crippen molar-refractivity contribution in [3.63, 3.8) is 0 Å². The summed E-state index contributed by atoms with van der Waals surface area (Å²) in [7, 11) is 0. The van der Waals surface area contributed by atoms with Gasteiger partial charge in [-0.05, 0) is 123 Å². The highest BCUT2D eigenvalue weighted by atomic mass is 16.5. The second-order valence-corrected chi connectivity index (χ2v) is 15.0. The summed E-state index contributed by atoms with van der Waals surface area (Å²) in [5.41, 5.74) is 0.520. The van der Waals surface area contributed by atoms with Crippen LogP contribution in [0.15, 0.2) is 0 Å². The summed E-state index contributed by atoms with van der Waals surface area (Å²) in [5.74, 6) is 3.45. The Hall–Kier alpha value is -0.690. The Morgan fingerprint density at radius 1 is 1.00 bits per heavy atom. The van der Waals surface area contributed by atoms with E-state index in [1.165, 1.54) is 25.7 Å². The molecule has 5 aliphatic rings. The number of morpholine rings is 1. The summed E-state index contributed by atoms with van der Waals surface area (Å²) in [6, 6.07) is 0. The number of nitrogens with zero attached hydrogens (tertiary/aromatic N) is 1. The Balaban J connectivity index is 1.13. The van der Waals surface area contributed by atoms with Gasteiger partial charge in [0, 0.05) is 19.5 Å². The average molecular weight is 562 g/mol. The van der Waals surface area contributed by atoms with Gasteiger partial charge in [0.2, 0.25) is 0 Å². The topological polar surface area (TPSA) is 79.2 Å². The molecule has 0 spiro atoms. The fraction of sp³-hybridized carbons (Fsp3) is 0.971.